The van der Waals surface area contributed by atoms with Crippen LogP contribution in [-0.4, -0.2) is 28.6 Å². The molecular weight excluding hydrogens is 299 g/mol. The van der Waals surface area contributed by atoms with Gasteiger partial charge in [0.2, 0.25) is 0 Å². The smallest absolute Gasteiger partial charge is 0.123 e. The van der Waals surface area contributed by atoms with E-state index in [1.54, 1.807) is 23.5 Å². The zero-order valence-electron chi connectivity index (χ0n) is 13.5. The number of halogens is 1. The molecule has 1 heterocycles. The Morgan fingerprint density at radius 3 is 2.50 bits per heavy atom. The van der Waals surface area contributed by atoms with E-state index in [0.717, 1.165) is 22.7 Å². The van der Waals surface area contributed by atoms with E-state index in [1.807, 2.05) is 14.0 Å². The molecule has 0 spiro atoms. The summed E-state index contributed by atoms with van der Waals surface area (Å²) in [5.41, 5.74) is 1.80. The van der Waals surface area contributed by atoms with Gasteiger partial charge in [-0.2, -0.15) is 0 Å². The van der Waals surface area contributed by atoms with Crippen LogP contribution in [0.2, 0.25) is 0 Å². The third-order valence-electron chi connectivity index (χ3n) is 3.94. The van der Waals surface area contributed by atoms with Crippen molar-refractivity contribution in [3.63, 3.8) is 0 Å². The molecule has 1 aromatic carbocycles. The molecule has 2 rings (SSSR count). The van der Waals surface area contributed by atoms with E-state index in [0.29, 0.717) is 6.54 Å². The Bertz CT molecular complexity index is 612. The van der Waals surface area contributed by atoms with E-state index >= 15 is 0 Å². The molecule has 0 bridgehead atoms. The minimum absolute atomic E-state index is 0.188. The van der Waals surface area contributed by atoms with Crippen molar-refractivity contribution in [1.82, 2.24) is 9.88 Å². The molecule has 2 atom stereocenters. The van der Waals surface area contributed by atoms with Gasteiger partial charge in [-0.15, -0.1) is 11.3 Å². The van der Waals surface area contributed by atoms with Crippen molar-refractivity contribution in [2.75, 3.05) is 13.6 Å². The SMILES string of the molecule is CCc1nc(C)c(C(C)N(C)CC(O)c2ccc(F)cc2)s1. The Hall–Kier alpha value is -1.30. The average molecular weight is 322 g/mol. The Balaban J connectivity index is 2.05. The number of likely N-dealkylation sites (N-methyl/N-ethyl adjacent to an activating group) is 1. The number of aryl methyl sites for hydroxylation is 2. The Morgan fingerprint density at radius 1 is 1.32 bits per heavy atom. The summed E-state index contributed by atoms with van der Waals surface area (Å²) in [5.74, 6) is -0.287. The van der Waals surface area contributed by atoms with Crippen LogP contribution < -0.4 is 0 Å². The third-order valence-corrected chi connectivity index (χ3v) is 5.41. The standard InChI is InChI=1S/C17H23FN2OS/c1-5-16-19-11(2)17(22-16)12(3)20(4)10-15(21)13-6-8-14(18)9-7-13/h6-9,12,15,21H,5,10H2,1-4H3. The average Bonchev–Trinajstić information content (AvgIpc) is 2.88. The predicted molar refractivity (Wildman–Crippen MR) is 88.6 cm³/mol. The van der Waals surface area contributed by atoms with Crippen molar-refractivity contribution in [3.8, 4) is 0 Å². The normalized spacial score (nSPS) is 14.3. The van der Waals surface area contributed by atoms with E-state index < -0.39 is 6.10 Å². The van der Waals surface area contributed by atoms with E-state index in [4.69, 9.17) is 0 Å². The van der Waals surface area contributed by atoms with Crippen LogP contribution in [0.3, 0.4) is 0 Å². The second-order valence-electron chi connectivity index (χ2n) is 5.59. The van der Waals surface area contributed by atoms with Gasteiger partial charge in [0, 0.05) is 17.5 Å². The maximum Gasteiger partial charge on any atom is 0.123 e. The largest absolute Gasteiger partial charge is 0.387 e. The van der Waals surface area contributed by atoms with E-state index in [1.165, 1.54) is 17.0 Å². The molecule has 0 aliphatic rings. The minimum atomic E-state index is -0.632. The van der Waals surface area contributed by atoms with Gasteiger partial charge in [-0.05, 0) is 45.0 Å². The molecule has 1 N–H and O–H groups in total. The van der Waals surface area contributed by atoms with Gasteiger partial charge in [0.05, 0.1) is 16.8 Å². The second-order valence-corrected chi connectivity index (χ2v) is 6.71. The van der Waals surface area contributed by atoms with Crippen molar-refractivity contribution in [2.45, 2.75) is 39.3 Å². The molecule has 22 heavy (non-hydrogen) atoms. The number of hydrogen-bond donors (Lipinski definition) is 1. The molecule has 0 radical (unpaired) electrons. The van der Waals surface area contributed by atoms with Crippen LogP contribution in [0, 0.1) is 12.7 Å². The lowest BCUT2D eigenvalue weighted by molar-refractivity contribution is 0.109. The summed E-state index contributed by atoms with van der Waals surface area (Å²) >= 11 is 1.74. The van der Waals surface area contributed by atoms with Crippen molar-refractivity contribution < 1.29 is 9.50 Å². The Morgan fingerprint density at radius 2 is 1.95 bits per heavy atom. The van der Waals surface area contributed by atoms with Crippen LogP contribution in [0.15, 0.2) is 24.3 Å². The first-order chi connectivity index (χ1) is 10.4. The van der Waals surface area contributed by atoms with Crippen molar-refractivity contribution >= 4 is 11.3 Å². The summed E-state index contributed by atoms with van der Waals surface area (Å²) in [5, 5.41) is 11.5. The van der Waals surface area contributed by atoms with Gasteiger partial charge in [-0.25, -0.2) is 9.37 Å². The maximum absolute atomic E-state index is 12.9. The number of aromatic nitrogens is 1. The molecule has 1 aromatic heterocycles. The number of aliphatic hydroxyl groups excluding tert-OH is 1. The fourth-order valence-electron chi connectivity index (χ4n) is 2.43. The molecule has 0 fully saturated rings. The van der Waals surface area contributed by atoms with Gasteiger partial charge >= 0.3 is 0 Å². The first kappa shape index (κ1) is 17.1. The number of aliphatic hydroxyl groups is 1. The quantitative estimate of drug-likeness (QED) is 0.877. The van der Waals surface area contributed by atoms with Crippen LogP contribution in [0.4, 0.5) is 4.39 Å². The summed E-state index contributed by atoms with van der Waals surface area (Å²) in [6.07, 6.45) is 0.312. The van der Waals surface area contributed by atoms with Gasteiger partial charge in [0.1, 0.15) is 5.82 Å². The molecular formula is C17H23FN2OS. The van der Waals surface area contributed by atoms with Gasteiger partial charge in [-0.3, -0.25) is 4.90 Å². The summed E-state index contributed by atoms with van der Waals surface area (Å²) in [6.45, 7) is 6.75. The zero-order chi connectivity index (χ0) is 16.3. The van der Waals surface area contributed by atoms with Crippen molar-refractivity contribution in [3.05, 3.63) is 51.2 Å². The molecule has 0 saturated heterocycles. The van der Waals surface area contributed by atoms with E-state index in [-0.39, 0.29) is 11.9 Å². The van der Waals surface area contributed by atoms with Gasteiger partial charge < -0.3 is 5.11 Å². The third kappa shape index (κ3) is 3.91. The lowest BCUT2D eigenvalue weighted by atomic mass is 10.1. The highest BCUT2D eigenvalue weighted by atomic mass is 32.1. The summed E-state index contributed by atoms with van der Waals surface area (Å²) in [4.78, 5) is 7.91. The predicted octanol–water partition coefficient (Wildman–Crippen LogP) is 3.88. The van der Waals surface area contributed by atoms with Crippen LogP contribution in [0.1, 0.15) is 47.1 Å². The second kappa shape index (κ2) is 7.31. The van der Waals surface area contributed by atoms with Gasteiger partial charge in [-0.1, -0.05) is 19.1 Å². The van der Waals surface area contributed by atoms with E-state index in [2.05, 4.69) is 23.7 Å². The molecule has 0 aliphatic carbocycles. The number of rotatable bonds is 6. The number of hydrogen-bond acceptors (Lipinski definition) is 4. The molecule has 3 nitrogen and oxygen atoms in total. The van der Waals surface area contributed by atoms with Crippen LogP contribution in [0.25, 0.3) is 0 Å². The fraction of sp³-hybridized carbons (Fsp3) is 0.471. The zero-order valence-corrected chi connectivity index (χ0v) is 14.3. The number of thiazole rings is 1. The highest BCUT2D eigenvalue weighted by Gasteiger charge is 2.20. The number of benzene rings is 1. The highest BCUT2D eigenvalue weighted by molar-refractivity contribution is 7.11. The number of nitrogens with zero attached hydrogens (tertiary/aromatic N) is 2. The molecule has 120 valence electrons. The summed E-state index contributed by atoms with van der Waals surface area (Å²) in [6, 6.07) is 6.20. The van der Waals surface area contributed by atoms with Crippen LogP contribution in [-0.2, 0) is 6.42 Å². The lowest BCUT2D eigenvalue weighted by Crippen LogP contribution is -2.27. The summed E-state index contributed by atoms with van der Waals surface area (Å²) < 4.78 is 12.9. The molecule has 0 amide bonds. The Labute approximate surface area is 135 Å². The van der Waals surface area contributed by atoms with Gasteiger partial charge in [0.15, 0.2) is 0 Å². The molecule has 0 saturated carbocycles. The van der Waals surface area contributed by atoms with Crippen LogP contribution >= 0.6 is 11.3 Å². The van der Waals surface area contributed by atoms with Crippen molar-refractivity contribution in [2.24, 2.45) is 0 Å². The monoisotopic (exact) mass is 322 g/mol. The molecule has 0 aliphatic heterocycles. The molecule has 2 aromatic rings. The first-order valence-electron chi connectivity index (χ1n) is 7.52. The van der Waals surface area contributed by atoms with Crippen LogP contribution in [0.5, 0.6) is 0 Å². The fourth-order valence-corrected chi connectivity index (χ4v) is 3.55. The topological polar surface area (TPSA) is 36.4 Å². The highest BCUT2D eigenvalue weighted by Crippen LogP contribution is 2.30. The molecule has 2 unspecified atom stereocenters. The summed E-state index contributed by atoms with van der Waals surface area (Å²) in [7, 11) is 1.99. The minimum Gasteiger partial charge on any atom is -0.387 e. The molecule has 5 heteroatoms. The first-order valence-corrected chi connectivity index (χ1v) is 8.34. The maximum atomic E-state index is 12.9. The van der Waals surface area contributed by atoms with Gasteiger partial charge in [0.25, 0.3) is 0 Å². The van der Waals surface area contributed by atoms with Crippen molar-refractivity contribution in [1.29, 1.82) is 0 Å². The lowest BCUT2D eigenvalue weighted by Gasteiger charge is -2.26. The van der Waals surface area contributed by atoms with E-state index in [9.17, 15) is 9.50 Å². The Kier molecular flexibility index (Phi) is 5.67.